The van der Waals surface area contributed by atoms with Crippen molar-refractivity contribution in [3.8, 4) is 11.1 Å². The second-order valence-electron chi connectivity index (χ2n) is 5.33. The fourth-order valence-electron chi connectivity index (χ4n) is 2.28. The molecule has 4 nitrogen and oxygen atoms in total. The topological polar surface area (TPSA) is 55.4 Å². The lowest BCUT2D eigenvalue weighted by atomic mass is 10.0. The van der Waals surface area contributed by atoms with Crippen LogP contribution in [0.3, 0.4) is 0 Å². The SMILES string of the molecule is CCC=C(C)C(=O)OCC(=O)Nc1ccccc1-c1ccccc1. The summed E-state index contributed by atoms with van der Waals surface area (Å²) in [6.45, 7) is 3.30. The van der Waals surface area contributed by atoms with E-state index in [1.54, 1.807) is 13.0 Å². The minimum atomic E-state index is -0.469. The molecule has 124 valence electrons. The quantitative estimate of drug-likeness (QED) is 0.640. The van der Waals surface area contributed by atoms with Gasteiger partial charge in [0.2, 0.25) is 0 Å². The van der Waals surface area contributed by atoms with Crippen molar-refractivity contribution >= 4 is 17.6 Å². The highest BCUT2D eigenvalue weighted by Crippen LogP contribution is 2.27. The largest absolute Gasteiger partial charge is 0.452 e. The highest BCUT2D eigenvalue weighted by molar-refractivity contribution is 5.98. The van der Waals surface area contributed by atoms with E-state index in [4.69, 9.17) is 4.74 Å². The summed E-state index contributed by atoms with van der Waals surface area (Å²) in [7, 11) is 0. The number of carbonyl (C=O) groups excluding carboxylic acids is 2. The summed E-state index contributed by atoms with van der Waals surface area (Å²) in [5, 5.41) is 2.80. The lowest BCUT2D eigenvalue weighted by Gasteiger charge is -2.11. The number of hydrogen-bond acceptors (Lipinski definition) is 3. The molecule has 2 aromatic carbocycles. The molecule has 0 fully saturated rings. The van der Waals surface area contributed by atoms with Crippen molar-refractivity contribution in [2.24, 2.45) is 0 Å². The van der Waals surface area contributed by atoms with Gasteiger partial charge in [0.1, 0.15) is 0 Å². The second-order valence-corrected chi connectivity index (χ2v) is 5.33. The summed E-state index contributed by atoms with van der Waals surface area (Å²) >= 11 is 0. The summed E-state index contributed by atoms with van der Waals surface area (Å²) in [5.41, 5.74) is 3.12. The molecule has 1 amide bonds. The van der Waals surface area contributed by atoms with Gasteiger partial charge in [-0.1, -0.05) is 61.5 Å². The molecule has 0 aliphatic rings. The molecule has 1 N–H and O–H groups in total. The Labute approximate surface area is 142 Å². The van der Waals surface area contributed by atoms with Crippen LogP contribution in [0.5, 0.6) is 0 Å². The molecule has 0 saturated heterocycles. The van der Waals surface area contributed by atoms with Crippen LogP contribution in [0.4, 0.5) is 5.69 Å². The number of hydrogen-bond donors (Lipinski definition) is 1. The van der Waals surface area contributed by atoms with E-state index in [0.717, 1.165) is 17.5 Å². The normalized spacial score (nSPS) is 11.0. The number of anilines is 1. The van der Waals surface area contributed by atoms with E-state index in [1.807, 2.05) is 61.5 Å². The van der Waals surface area contributed by atoms with Gasteiger partial charge in [-0.15, -0.1) is 0 Å². The minimum absolute atomic E-state index is 0.309. The first-order valence-electron chi connectivity index (χ1n) is 7.90. The van der Waals surface area contributed by atoms with Crippen molar-refractivity contribution in [3.63, 3.8) is 0 Å². The molecule has 0 aliphatic heterocycles. The van der Waals surface area contributed by atoms with Gasteiger partial charge in [-0.25, -0.2) is 4.79 Å². The molecule has 0 unspecified atom stereocenters. The molecular weight excluding hydrogens is 302 g/mol. The third-order valence-corrected chi connectivity index (χ3v) is 3.45. The van der Waals surface area contributed by atoms with E-state index >= 15 is 0 Å². The number of rotatable bonds is 6. The second kappa shape index (κ2) is 8.67. The van der Waals surface area contributed by atoms with Crippen LogP contribution in [0.25, 0.3) is 11.1 Å². The van der Waals surface area contributed by atoms with E-state index in [1.165, 1.54) is 0 Å². The zero-order chi connectivity index (χ0) is 17.4. The van der Waals surface area contributed by atoms with Crippen molar-refractivity contribution < 1.29 is 14.3 Å². The molecule has 0 aliphatic carbocycles. The zero-order valence-corrected chi connectivity index (χ0v) is 13.9. The lowest BCUT2D eigenvalue weighted by molar-refractivity contribution is -0.143. The minimum Gasteiger partial charge on any atom is -0.452 e. The number of carbonyl (C=O) groups is 2. The van der Waals surface area contributed by atoms with Gasteiger partial charge >= 0.3 is 5.97 Å². The Kier molecular flexibility index (Phi) is 6.32. The molecule has 24 heavy (non-hydrogen) atoms. The highest BCUT2D eigenvalue weighted by atomic mass is 16.5. The third kappa shape index (κ3) is 4.81. The summed E-state index contributed by atoms with van der Waals surface area (Å²) < 4.78 is 5.02. The Morgan fingerprint density at radius 2 is 1.71 bits per heavy atom. The van der Waals surface area contributed by atoms with Crippen molar-refractivity contribution in [1.82, 2.24) is 0 Å². The van der Waals surface area contributed by atoms with E-state index in [2.05, 4.69) is 5.32 Å². The van der Waals surface area contributed by atoms with Crippen molar-refractivity contribution in [2.75, 3.05) is 11.9 Å². The standard InChI is InChI=1S/C20H21NO3/c1-3-9-15(2)20(23)24-14-19(22)21-18-13-8-7-12-17(18)16-10-5-4-6-11-16/h4-13H,3,14H2,1-2H3,(H,21,22). The smallest absolute Gasteiger partial charge is 0.333 e. The predicted octanol–water partition coefficient (Wildman–Crippen LogP) is 4.19. The van der Waals surface area contributed by atoms with Gasteiger partial charge < -0.3 is 10.1 Å². The van der Waals surface area contributed by atoms with Gasteiger partial charge in [0, 0.05) is 16.8 Å². The van der Waals surface area contributed by atoms with Crippen LogP contribution in [0.1, 0.15) is 20.3 Å². The molecule has 0 bridgehead atoms. The van der Waals surface area contributed by atoms with Crippen molar-refractivity contribution in [3.05, 3.63) is 66.2 Å². The maximum absolute atomic E-state index is 12.1. The molecule has 0 heterocycles. The van der Waals surface area contributed by atoms with E-state index in [0.29, 0.717) is 11.3 Å². The third-order valence-electron chi connectivity index (χ3n) is 3.45. The number of nitrogens with one attached hydrogen (secondary N) is 1. The van der Waals surface area contributed by atoms with Crippen LogP contribution in [-0.4, -0.2) is 18.5 Å². The first-order chi connectivity index (χ1) is 11.6. The van der Waals surface area contributed by atoms with Crippen LogP contribution in [0.15, 0.2) is 66.2 Å². The first kappa shape index (κ1) is 17.5. The average Bonchev–Trinajstić information content (AvgIpc) is 2.61. The number of esters is 1. The number of amides is 1. The number of allylic oxidation sites excluding steroid dienone is 1. The summed E-state index contributed by atoms with van der Waals surface area (Å²) in [5.74, 6) is -0.834. The van der Waals surface area contributed by atoms with Gasteiger partial charge in [-0.3, -0.25) is 4.79 Å². The van der Waals surface area contributed by atoms with Crippen LogP contribution >= 0.6 is 0 Å². The molecule has 2 aromatic rings. The molecule has 0 saturated carbocycles. The summed E-state index contributed by atoms with van der Waals surface area (Å²) in [6, 6.07) is 17.3. The molecule has 4 heteroatoms. The van der Waals surface area contributed by atoms with Gasteiger partial charge in [0.15, 0.2) is 6.61 Å². The predicted molar refractivity (Wildman–Crippen MR) is 95.5 cm³/mol. The van der Waals surface area contributed by atoms with Crippen LogP contribution < -0.4 is 5.32 Å². The van der Waals surface area contributed by atoms with Gasteiger partial charge in [-0.05, 0) is 25.0 Å². The highest BCUT2D eigenvalue weighted by Gasteiger charge is 2.11. The Balaban J connectivity index is 2.03. The molecule has 2 rings (SSSR count). The molecule has 0 spiro atoms. The Morgan fingerprint density at radius 3 is 2.42 bits per heavy atom. The van der Waals surface area contributed by atoms with Gasteiger partial charge in [-0.2, -0.15) is 0 Å². The fourth-order valence-corrected chi connectivity index (χ4v) is 2.28. The maximum Gasteiger partial charge on any atom is 0.333 e. The molecular formula is C20H21NO3. The zero-order valence-electron chi connectivity index (χ0n) is 13.9. The summed E-state index contributed by atoms with van der Waals surface area (Å²) in [4.78, 5) is 23.8. The number of para-hydroxylation sites is 1. The fraction of sp³-hybridized carbons (Fsp3) is 0.200. The number of ether oxygens (including phenoxy) is 1. The molecule has 0 atom stereocenters. The van der Waals surface area contributed by atoms with Crippen molar-refractivity contribution in [1.29, 1.82) is 0 Å². The van der Waals surface area contributed by atoms with Crippen molar-refractivity contribution in [2.45, 2.75) is 20.3 Å². The summed E-state index contributed by atoms with van der Waals surface area (Å²) in [6.07, 6.45) is 2.52. The Hall–Kier alpha value is -2.88. The lowest BCUT2D eigenvalue weighted by Crippen LogP contribution is -2.21. The van der Waals surface area contributed by atoms with Crippen LogP contribution in [-0.2, 0) is 14.3 Å². The van der Waals surface area contributed by atoms with E-state index in [-0.39, 0.29) is 12.5 Å². The average molecular weight is 323 g/mol. The molecule has 0 radical (unpaired) electrons. The Morgan fingerprint density at radius 1 is 1.04 bits per heavy atom. The monoisotopic (exact) mass is 323 g/mol. The number of benzene rings is 2. The van der Waals surface area contributed by atoms with E-state index in [9.17, 15) is 9.59 Å². The Bertz CT molecular complexity index is 736. The van der Waals surface area contributed by atoms with Gasteiger partial charge in [0.05, 0.1) is 0 Å². The van der Waals surface area contributed by atoms with Crippen LogP contribution in [0, 0.1) is 0 Å². The van der Waals surface area contributed by atoms with Gasteiger partial charge in [0.25, 0.3) is 5.91 Å². The molecule has 0 aromatic heterocycles. The maximum atomic E-state index is 12.1. The van der Waals surface area contributed by atoms with E-state index < -0.39 is 5.97 Å². The first-order valence-corrected chi connectivity index (χ1v) is 7.90. The van der Waals surface area contributed by atoms with Crippen LogP contribution in [0.2, 0.25) is 0 Å².